The zero-order chi connectivity index (χ0) is 11.5. The average Bonchev–Trinajstić information content (AvgIpc) is 2.14. The highest BCUT2D eigenvalue weighted by Gasteiger charge is 2.12. The fraction of sp³-hybridized carbons (Fsp3) is 0.467. The fourth-order valence-electron chi connectivity index (χ4n) is 1.40. The lowest BCUT2D eigenvalue weighted by molar-refractivity contribution is 0.590. The van der Waals surface area contributed by atoms with Gasteiger partial charge in [0.1, 0.15) is 0 Å². The van der Waals surface area contributed by atoms with Crippen LogP contribution in [0.4, 0.5) is 0 Å². The summed E-state index contributed by atoms with van der Waals surface area (Å²) in [5, 5.41) is 0. The van der Waals surface area contributed by atoms with E-state index in [0.29, 0.717) is 5.92 Å². The molecule has 0 heterocycles. The molecular weight excluding hydrogens is 180 g/mol. The first kappa shape index (κ1) is 12.0. The Balaban J connectivity index is 2.82. The van der Waals surface area contributed by atoms with Crippen LogP contribution >= 0.6 is 0 Å². The van der Waals surface area contributed by atoms with Crippen LogP contribution in [0.2, 0.25) is 0 Å². The smallest absolute Gasteiger partial charge is 0.0132 e. The number of allylic oxidation sites excluding steroid dienone is 1. The monoisotopic (exact) mass is 202 g/mol. The minimum Gasteiger partial charge on any atom is -0.0814 e. The molecule has 0 fully saturated rings. The van der Waals surface area contributed by atoms with Crippen molar-refractivity contribution < 1.29 is 0 Å². The van der Waals surface area contributed by atoms with Crippen LogP contribution < -0.4 is 0 Å². The van der Waals surface area contributed by atoms with Crippen molar-refractivity contribution in [2.45, 2.75) is 40.0 Å². The molecule has 0 unspecified atom stereocenters. The molecule has 0 aromatic heterocycles. The Morgan fingerprint density at radius 3 is 1.93 bits per heavy atom. The number of hydrogen-bond acceptors (Lipinski definition) is 0. The molecule has 0 saturated heterocycles. The molecule has 15 heavy (non-hydrogen) atoms. The molecule has 82 valence electrons. The second kappa shape index (κ2) is 4.65. The maximum Gasteiger partial charge on any atom is -0.0132 e. The predicted octanol–water partition coefficient (Wildman–Crippen LogP) is 4.65. The Morgan fingerprint density at radius 1 is 1.00 bits per heavy atom. The number of rotatable bonds is 2. The summed E-state index contributed by atoms with van der Waals surface area (Å²) in [5.74, 6) is 0.618. The summed E-state index contributed by atoms with van der Waals surface area (Å²) in [6.07, 6.45) is 4.42. The van der Waals surface area contributed by atoms with Gasteiger partial charge in [-0.15, -0.1) is 0 Å². The van der Waals surface area contributed by atoms with Crippen LogP contribution in [0, 0.1) is 5.92 Å². The number of hydrogen-bond donors (Lipinski definition) is 0. The van der Waals surface area contributed by atoms with E-state index in [9.17, 15) is 0 Å². The van der Waals surface area contributed by atoms with Crippen molar-refractivity contribution in [2.75, 3.05) is 0 Å². The molecule has 0 atom stereocenters. The normalized spacial score (nSPS) is 12.7. The summed E-state index contributed by atoms with van der Waals surface area (Å²) >= 11 is 0. The highest BCUT2D eigenvalue weighted by atomic mass is 14.2. The third-order valence-corrected chi connectivity index (χ3v) is 2.45. The summed E-state index contributed by atoms with van der Waals surface area (Å²) in [6, 6.07) is 8.83. The average molecular weight is 202 g/mol. The third kappa shape index (κ3) is 3.91. The van der Waals surface area contributed by atoms with Gasteiger partial charge in [0.15, 0.2) is 0 Å². The molecule has 0 radical (unpaired) electrons. The topological polar surface area (TPSA) is 0 Å². The molecule has 1 aromatic carbocycles. The van der Waals surface area contributed by atoms with Crippen LogP contribution in [0.25, 0.3) is 6.08 Å². The lowest BCUT2D eigenvalue weighted by Crippen LogP contribution is -2.10. The SMILES string of the molecule is CC(C)/C=C/c1ccc(C(C)(C)C)cc1. The first-order chi connectivity index (χ1) is 6.89. The Bertz CT molecular complexity index is 320. The van der Waals surface area contributed by atoms with E-state index in [4.69, 9.17) is 0 Å². The van der Waals surface area contributed by atoms with Gasteiger partial charge in [-0.05, 0) is 22.5 Å². The minimum absolute atomic E-state index is 0.250. The summed E-state index contributed by atoms with van der Waals surface area (Å²) in [5.41, 5.74) is 2.93. The lowest BCUT2D eigenvalue weighted by atomic mass is 9.87. The van der Waals surface area contributed by atoms with Crippen LogP contribution in [0.1, 0.15) is 45.7 Å². The molecule has 0 spiro atoms. The maximum atomic E-state index is 2.24. The van der Waals surface area contributed by atoms with Gasteiger partial charge in [0.2, 0.25) is 0 Å². The van der Waals surface area contributed by atoms with Gasteiger partial charge in [-0.1, -0.05) is 71.0 Å². The summed E-state index contributed by atoms with van der Waals surface area (Å²) in [4.78, 5) is 0. The Labute approximate surface area is 94.0 Å². The van der Waals surface area contributed by atoms with Gasteiger partial charge in [0.25, 0.3) is 0 Å². The van der Waals surface area contributed by atoms with Gasteiger partial charge in [-0.25, -0.2) is 0 Å². The van der Waals surface area contributed by atoms with E-state index in [1.54, 1.807) is 0 Å². The van der Waals surface area contributed by atoms with E-state index in [2.05, 4.69) is 71.0 Å². The van der Waals surface area contributed by atoms with Crippen LogP contribution in [0.15, 0.2) is 30.3 Å². The van der Waals surface area contributed by atoms with Crippen LogP contribution in [0.3, 0.4) is 0 Å². The first-order valence-corrected chi connectivity index (χ1v) is 5.68. The molecule has 0 N–H and O–H groups in total. The van der Waals surface area contributed by atoms with Crippen molar-refractivity contribution >= 4 is 6.08 Å². The summed E-state index contributed by atoms with van der Waals surface area (Å²) in [7, 11) is 0. The zero-order valence-corrected chi connectivity index (χ0v) is 10.5. The quantitative estimate of drug-likeness (QED) is 0.654. The molecule has 0 aliphatic rings. The minimum atomic E-state index is 0.250. The molecule has 0 nitrogen and oxygen atoms in total. The molecule has 1 aromatic rings. The van der Waals surface area contributed by atoms with Crippen molar-refractivity contribution in [1.29, 1.82) is 0 Å². The van der Waals surface area contributed by atoms with E-state index >= 15 is 0 Å². The van der Waals surface area contributed by atoms with Crippen molar-refractivity contribution in [1.82, 2.24) is 0 Å². The van der Waals surface area contributed by atoms with Gasteiger partial charge >= 0.3 is 0 Å². The summed E-state index contributed by atoms with van der Waals surface area (Å²) in [6.45, 7) is 11.1. The van der Waals surface area contributed by atoms with E-state index in [0.717, 1.165) is 0 Å². The molecule has 0 aliphatic carbocycles. The van der Waals surface area contributed by atoms with Gasteiger partial charge < -0.3 is 0 Å². The Kier molecular flexibility index (Phi) is 3.73. The van der Waals surface area contributed by atoms with E-state index in [-0.39, 0.29) is 5.41 Å². The fourth-order valence-corrected chi connectivity index (χ4v) is 1.40. The van der Waals surface area contributed by atoms with Crippen LogP contribution in [-0.4, -0.2) is 0 Å². The van der Waals surface area contributed by atoms with Crippen LogP contribution in [0.5, 0.6) is 0 Å². The van der Waals surface area contributed by atoms with Crippen molar-refractivity contribution in [3.05, 3.63) is 41.5 Å². The van der Waals surface area contributed by atoms with Gasteiger partial charge in [0.05, 0.1) is 0 Å². The first-order valence-electron chi connectivity index (χ1n) is 5.68. The summed E-state index contributed by atoms with van der Waals surface area (Å²) < 4.78 is 0. The highest BCUT2D eigenvalue weighted by Crippen LogP contribution is 2.22. The standard InChI is InChI=1S/C15H22/c1-12(2)6-7-13-8-10-14(11-9-13)15(3,4)5/h6-12H,1-5H3/b7-6+. The Hall–Kier alpha value is -1.04. The molecular formula is C15H22. The van der Waals surface area contributed by atoms with Crippen molar-refractivity contribution in [2.24, 2.45) is 5.92 Å². The molecule has 0 bridgehead atoms. The van der Waals surface area contributed by atoms with E-state index in [1.807, 2.05) is 0 Å². The van der Waals surface area contributed by atoms with Crippen molar-refractivity contribution in [3.63, 3.8) is 0 Å². The maximum absolute atomic E-state index is 2.24. The highest BCUT2D eigenvalue weighted by molar-refractivity contribution is 5.50. The van der Waals surface area contributed by atoms with Crippen LogP contribution in [-0.2, 0) is 5.41 Å². The van der Waals surface area contributed by atoms with Crippen molar-refractivity contribution in [3.8, 4) is 0 Å². The van der Waals surface area contributed by atoms with Gasteiger partial charge in [-0.2, -0.15) is 0 Å². The van der Waals surface area contributed by atoms with Gasteiger partial charge in [0, 0.05) is 0 Å². The lowest BCUT2D eigenvalue weighted by Gasteiger charge is -2.18. The zero-order valence-electron chi connectivity index (χ0n) is 10.5. The largest absolute Gasteiger partial charge is 0.0814 e. The Morgan fingerprint density at radius 2 is 1.53 bits per heavy atom. The molecule has 1 rings (SSSR count). The van der Waals surface area contributed by atoms with Gasteiger partial charge in [-0.3, -0.25) is 0 Å². The predicted molar refractivity (Wildman–Crippen MR) is 69.0 cm³/mol. The molecule has 0 saturated carbocycles. The second-order valence-corrected chi connectivity index (χ2v) is 5.48. The number of benzene rings is 1. The molecule has 0 heteroatoms. The third-order valence-electron chi connectivity index (χ3n) is 2.45. The van der Waals surface area contributed by atoms with E-state index < -0.39 is 0 Å². The molecule has 0 amide bonds. The molecule has 0 aliphatic heterocycles. The van der Waals surface area contributed by atoms with E-state index in [1.165, 1.54) is 11.1 Å². The second-order valence-electron chi connectivity index (χ2n) is 5.48.